The molecule has 0 N–H and O–H groups in total. The highest BCUT2D eigenvalue weighted by Crippen LogP contribution is 2.21. The maximum Gasteiger partial charge on any atom is 0.416 e. The number of alkyl halides is 2. The maximum absolute atomic E-state index is 12.6. The van der Waals surface area contributed by atoms with E-state index in [-0.39, 0.29) is 5.92 Å². The number of hydrogen-bond donors (Lipinski definition) is 0. The van der Waals surface area contributed by atoms with E-state index in [0.717, 1.165) is 6.92 Å². The Hall–Kier alpha value is -0.510. The van der Waals surface area contributed by atoms with E-state index in [1.165, 1.54) is 6.92 Å². The van der Waals surface area contributed by atoms with Crippen LogP contribution in [0.5, 0.6) is 0 Å². The monoisotopic (exact) mass is 180 g/mol. The van der Waals surface area contributed by atoms with Gasteiger partial charge in [-0.05, 0) is 12.8 Å². The highest BCUT2D eigenvalue weighted by atomic mass is 19.3. The second kappa shape index (κ2) is 3.94. The quantitative estimate of drug-likeness (QED) is 0.663. The lowest BCUT2D eigenvalue weighted by atomic mass is 10.1. The van der Waals surface area contributed by atoms with Gasteiger partial charge in [0.15, 0.2) is 0 Å². The largest absolute Gasteiger partial charge is 0.416 e. The third kappa shape index (κ3) is 3.26. The van der Waals surface area contributed by atoms with E-state index < -0.39 is 18.0 Å². The zero-order chi connectivity index (χ0) is 9.94. The summed E-state index contributed by atoms with van der Waals surface area (Å²) >= 11 is 0. The fourth-order valence-electron chi connectivity index (χ4n) is 0.453. The Labute approximate surface area is 70.9 Å². The molecule has 0 fully saturated rings. The van der Waals surface area contributed by atoms with Gasteiger partial charge in [-0.1, -0.05) is 13.8 Å². The van der Waals surface area contributed by atoms with Crippen molar-refractivity contribution in [3.05, 3.63) is 0 Å². The van der Waals surface area contributed by atoms with E-state index in [4.69, 9.17) is 0 Å². The molecule has 0 amide bonds. The van der Waals surface area contributed by atoms with Crippen molar-refractivity contribution in [1.29, 1.82) is 0 Å². The van der Waals surface area contributed by atoms with E-state index in [1.807, 2.05) is 0 Å². The smallest absolute Gasteiger partial charge is 0.311 e. The molecule has 0 aliphatic carbocycles. The lowest BCUT2D eigenvalue weighted by Gasteiger charge is -2.21. The molecule has 0 radical (unpaired) electrons. The number of ether oxygens (including phenoxy) is 1. The van der Waals surface area contributed by atoms with Crippen LogP contribution in [0.4, 0.5) is 8.78 Å². The predicted molar refractivity (Wildman–Crippen MR) is 41.0 cm³/mol. The first-order chi connectivity index (χ1) is 5.27. The SMILES string of the molecule is CC(=O)C(F)(F)O[C@@H](C)C(C)C. The summed E-state index contributed by atoms with van der Waals surface area (Å²) in [5.74, 6) is -1.29. The third-order valence-corrected chi connectivity index (χ3v) is 1.68. The van der Waals surface area contributed by atoms with Crippen LogP contribution >= 0.6 is 0 Å². The van der Waals surface area contributed by atoms with Crippen LogP contribution in [0.15, 0.2) is 0 Å². The fraction of sp³-hybridized carbons (Fsp3) is 0.875. The molecular weight excluding hydrogens is 166 g/mol. The predicted octanol–water partition coefficient (Wildman–Crippen LogP) is 2.23. The molecule has 0 aromatic heterocycles. The molecule has 0 saturated carbocycles. The van der Waals surface area contributed by atoms with E-state index >= 15 is 0 Å². The standard InChI is InChI=1S/C8H14F2O2/c1-5(2)6(3)12-8(9,10)7(4)11/h5-6H,1-4H3/t6-/m0/s1. The Bertz CT molecular complexity index is 166. The van der Waals surface area contributed by atoms with Crippen molar-refractivity contribution in [1.82, 2.24) is 0 Å². The average Bonchev–Trinajstić information content (AvgIpc) is 1.85. The Kier molecular flexibility index (Phi) is 3.77. The van der Waals surface area contributed by atoms with E-state index in [9.17, 15) is 13.6 Å². The molecule has 0 spiro atoms. The van der Waals surface area contributed by atoms with Gasteiger partial charge in [-0.2, -0.15) is 8.78 Å². The molecule has 12 heavy (non-hydrogen) atoms. The average molecular weight is 180 g/mol. The summed E-state index contributed by atoms with van der Waals surface area (Å²) < 4.78 is 29.4. The number of rotatable bonds is 4. The van der Waals surface area contributed by atoms with Crippen LogP contribution < -0.4 is 0 Å². The minimum atomic E-state index is -3.64. The first-order valence-electron chi connectivity index (χ1n) is 3.84. The fourth-order valence-corrected chi connectivity index (χ4v) is 0.453. The van der Waals surface area contributed by atoms with E-state index in [1.54, 1.807) is 13.8 Å². The molecule has 0 saturated heterocycles. The molecule has 0 aliphatic rings. The van der Waals surface area contributed by atoms with Gasteiger partial charge in [0.2, 0.25) is 5.78 Å². The van der Waals surface area contributed by atoms with Gasteiger partial charge in [-0.25, -0.2) is 0 Å². The molecule has 0 heterocycles. The molecule has 0 rings (SSSR count). The number of carbonyl (C=O) groups excluding carboxylic acids is 1. The van der Waals surface area contributed by atoms with Crippen molar-refractivity contribution in [2.45, 2.75) is 39.9 Å². The summed E-state index contributed by atoms with van der Waals surface area (Å²) in [5.41, 5.74) is 0. The second-order valence-electron chi connectivity index (χ2n) is 3.14. The van der Waals surface area contributed by atoms with Crippen molar-refractivity contribution >= 4 is 5.78 Å². The second-order valence-corrected chi connectivity index (χ2v) is 3.14. The van der Waals surface area contributed by atoms with Gasteiger partial charge < -0.3 is 4.74 Å². The highest BCUT2D eigenvalue weighted by molar-refractivity contribution is 5.81. The van der Waals surface area contributed by atoms with Gasteiger partial charge >= 0.3 is 6.11 Å². The van der Waals surface area contributed by atoms with Gasteiger partial charge in [-0.3, -0.25) is 4.79 Å². The highest BCUT2D eigenvalue weighted by Gasteiger charge is 2.38. The van der Waals surface area contributed by atoms with Gasteiger partial charge in [0.1, 0.15) is 0 Å². The molecule has 72 valence electrons. The number of carbonyl (C=O) groups is 1. The molecule has 0 aromatic rings. The molecule has 1 atom stereocenters. The van der Waals surface area contributed by atoms with Crippen molar-refractivity contribution in [3.63, 3.8) is 0 Å². The normalized spacial score (nSPS) is 14.9. The summed E-state index contributed by atoms with van der Waals surface area (Å²) in [7, 11) is 0. The van der Waals surface area contributed by atoms with E-state index in [2.05, 4.69) is 4.74 Å². The van der Waals surface area contributed by atoms with Crippen molar-refractivity contribution < 1.29 is 18.3 Å². The van der Waals surface area contributed by atoms with Crippen LogP contribution in [0.3, 0.4) is 0 Å². The molecule has 0 bridgehead atoms. The van der Waals surface area contributed by atoms with Gasteiger partial charge in [0.05, 0.1) is 6.10 Å². The minimum Gasteiger partial charge on any atom is -0.311 e. The van der Waals surface area contributed by atoms with Crippen LogP contribution in [-0.2, 0) is 9.53 Å². The number of Topliss-reactive ketones (excluding diaryl/α,β-unsaturated/α-hetero) is 1. The topological polar surface area (TPSA) is 26.3 Å². The lowest BCUT2D eigenvalue weighted by Crippen LogP contribution is -2.35. The molecule has 0 aromatic carbocycles. The van der Waals surface area contributed by atoms with E-state index in [0.29, 0.717) is 0 Å². The first kappa shape index (κ1) is 11.5. The summed E-state index contributed by atoms with van der Waals surface area (Å²) in [6.07, 6.45) is -4.26. The Morgan fingerprint density at radius 1 is 1.33 bits per heavy atom. The van der Waals surface area contributed by atoms with Gasteiger partial charge in [0.25, 0.3) is 0 Å². The molecule has 0 unspecified atom stereocenters. The van der Waals surface area contributed by atoms with Crippen LogP contribution in [0.2, 0.25) is 0 Å². The minimum absolute atomic E-state index is 0.0322. The molecule has 0 aliphatic heterocycles. The summed E-state index contributed by atoms with van der Waals surface area (Å²) in [6, 6.07) is 0. The summed E-state index contributed by atoms with van der Waals surface area (Å²) in [6.45, 7) is 5.83. The third-order valence-electron chi connectivity index (χ3n) is 1.68. The molecule has 4 heteroatoms. The van der Waals surface area contributed by atoms with Crippen molar-refractivity contribution in [2.24, 2.45) is 5.92 Å². The maximum atomic E-state index is 12.6. The Balaban J connectivity index is 4.15. The van der Waals surface area contributed by atoms with Crippen molar-refractivity contribution in [3.8, 4) is 0 Å². The molecule has 2 nitrogen and oxygen atoms in total. The number of halogens is 2. The van der Waals surface area contributed by atoms with Crippen LogP contribution in [0, 0.1) is 5.92 Å². The van der Waals surface area contributed by atoms with Crippen LogP contribution in [-0.4, -0.2) is 18.0 Å². The Morgan fingerprint density at radius 2 is 1.75 bits per heavy atom. The first-order valence-corrected chi connectivity index (χ1v) is 3.84. The van der Waals surface area contributed by atoms with Crippen molar-refractivity contribution in [2.75, 3.05) is 0 Å². The van der Waals surface area contributed by atoms with Crippen LogP contribution in [0.25, 0.3) is 0 Å². The summed E-state index contributed by atoms with van der Waals surface area (Å²) in [4.78, 5) is 10.3. The zero-order valence-corrected chi connectivity index (χ0v) is 7.73. The van der Waals surface area contributed by atoms with Gasteiger partial charge in [0, 0.05) is 6.92 Å². The molecular formula is C8H14F2O2. The lowest BCUT2D eigenvalue weighted by molar-refractivity contribution is -0.249. The van der Waals surface area contributed by atoms with Gasteiger partial charge in [-0.15, -0.1) is 0 Å². The summed E-state index contributed by atoms with van der Waals surface area (Å²) in [5, 5.41) is 0. The van der Waals surface area contributed by atoms with Crippen LogP contribution in [0.1, 0.15) is 27.7 Å². The zero-order valence-electron chi connectivity index (χ0n) is 7.73. The Morgan fingerprint density at radius 3 is 2.00 bits per heavy atom. The number of hydrogen-bond acceptors (Lipinski definition) is 2. The number of ketones is 1.